The zero-order chi connectivity index (χ0) is 32.6. The van der Waals surface area contributed by atoms with Gasteiger partial charge in [-0.1, -0.05) is 30.3 Å². The third kappa shape index (κ3) is 9.25. The SMILES string of the molecule is COC(=O)c1ccc(Br)nc1.COC(=O)c1ccc(N2CCC(CCN(C(=O)C(F)(F)F)[C@@H]3C[C@H]3c3ccccc3)CC2)nc1. The van der Waals surface area contributed by atoms with Crippen molar-refractivity contribution >= 4 is 39.6 Å². The highest BCUT2D eigenvalue weighted by molar-refractivity contribution is 9.10. The molecule has 0 unspecified atom stereocenters. The van der Waals surface area contributed by atoms with Gasteiger partial charge >= 0.3 is 24.0 Å². The second kappa shape index (κ2) is 15.3. The molecule has 0 N–H and O–H groups in total. The summed E-state index contributed by atoms with van der Waals surface area (Å²) in [5.74, 6) is -1.59. The molecule has 2 aliphatic rings. The fraction of sp³-hybridized carbons (Fsp3) is 0.406. The third-order valence-electron chi connectivity index (χ3n) is 7.92. The summed E-state index contributed by atoms with van der Waals surface area (Å²) < 4.78 is 49.7. The first-order valence-electron chi connectivity index (χ1n) is 14.4. The zero-order valence-electron chi connectivity index (χ0n) is 24.9. The molecule has 3 heterocycles. The smallest absolute Gasteiger partial charge is 0.465 e. The number of hydrogen-bond donors (Lipinski definition) is 0. The van der Waals surface area contributed by atoms with Gasteiger partial charge in [0.2, 0.25) is 0 Å². The summed E-state index contributed by atoms with van der Waals surface area (Å²) in [7, 11) is 2.65. The highest BCUT2D eigenvalue weighted by atomic mass is 79.9. The Balaban J connectivity index is 0.000000354. The Hall–Kier alpha value is -4.00. The fourth-order valence-corrected chi connectivity index (χ4v) is 5.60. The highest BCUT2D eigenvalue weighted by Gasteiger charge is 2.51. The van der Waals surface area contributed by atoms with E-state index in [1.165, 1.54) is 26.6 Å². The Morgan fingerprint density at radius 1 is 0.911 bits per heavy atom. The van der Waals surface area contributed by atoms with Gasteiger partial charge < -0.3 is 19.3 Å². The predicted octanol–water partition coefficient (Wildman–Crippen LogP) is 6.05. The summed E-state index contributed by atoms with van der Waals surface area (Å²) in [6.45, 7) is 1.56. The van der Waals surface area contributed by atoms with Crippen LogP contribution in [0, 0.1) is 5.92 Å². The molecule has 2 atom stereocenters. The molecule has 1 amide bonds. The van der Waals surface area contributed by atoms with Gasteiger partial charge in [0.25, 0.3) is 0 Å². The maximum Gasteiger partial charge on any atom is 0.471 e. The van der Waals surface area contributed by atoms with E-state index < -0.39 is 24.1 Å². The molecule has 9 nitrogen and oxygen atoms in total. The second-order valence-corrected chi connectivity index (χ2v) is 11.6. The molecule has 2 fully saturated rings. The molecule has 0 radical (unpaired) electrons. The summed E-state index contributed by atoms with van der Waals surface area (Å²) in [6, 6.07) is 15.8. The Morgan fingerprint density at radius 2 is 1.51 bits per heavy atom. The van der Waals surface area contributed by atoms with Crippen LogP contribution in [0.25, 0.3) is 0 Å². The lowest BCUT2D eigenvalue weighted by molar-refractivity contribution is -0.186. The number of carbonyl (C=O) groups is 3. The summed E-state index contributed by atoms with van der Waals surface area (Å²) in [4.78, 5) is 45.9. The Morgan fingerprint density at radius 3 is 2.02 bits per heavy atom. The third-order valence-corrected chi connectivity index (χ3v) is 8.39. The number of rotatable bonds is 8. The quantitative estimate of drug-likeness (QED) is 0.208. The van der Waals surface area contributed by atoms with Gasteiger partial charge in [0.1, 0.15) is 10.4 Å². The molecule has 240 valence electrons. The van der Waals surface area contributed by atoms with Crippen molar-refractivity contribution in [3.63, 3.8) is 0 Å². The molecule has 1 aliphatic carbocycles. The molecule has 45 heavy (non-hydrogen) atoms. The first-order valence-corrected chi connectivity index (χ1v) is 15.2. The van der Waals surface area contributed by atoms with Gasteiger partial charge in [0.05, 0.1) is 25.3 Å². The Kier molecular flexibility index (Phi) is 11.5. The van der Waals surface area contributed by atoms with E-state index in [0.29, 0.717) is 28.6 Å². The number of halogens is 4. The molecule has 2 aromatic heterocycles. The van der Waals surface area contributed by atoms with E-state index >= 15 is 0 Å². The van der Waals surface area contributed by atoms with Crippen molar-refractivity contribution in [2.24, 2.45) is 5.92 Å². The van der Waals surface area contributed by atoms with Crippen molar-refractivity contribution in [3.05, 3.63) is 88.3 Å². The van der Waals surface area contributed by atoms with Crippen molar-refractivity contribution in [1.82, 2.24) is 14.9 Å². The minimum absolute atomic E-state index is 0.0339. The van der Waals surface area contributed by atoms with Crippen molar-refractivity contribution < 1.29 is 37.0 Å². The summed E-state index contributed by atoms with van der Waals surface area (Å²) in [5, 5.41) is 0. The van der Waals surface area contributed by atoms with Gasteiger partial charge in [0.15, 0.2) is 0 Å². The van der Waals surface area contributed by atoms with Crippen molar-refractivity contribution in [2.45, 2.75) is 43.8 Å². The van der Waals surface area contributed by atoms with E-state index in [-0.39, 0.29) is 24.3 Å². The topological polar surface area (TPSA) is 102 Å². The van der Waals surface area contributed by atoms with E-state index in [1.807, 2.05) is 30.3 Å². The van der Waals surface area contributed by atoms with Crippen LogP contribution >= 0.6 is 15.9 Å². The number of nitrogens with zero attached hydrogens (tertiary/aromatic N) is 4. The van der Waals surface area contributed by atoms with Crippen LogP contribution in [0.5, 0.6) is 0 Å². The van der Waals surface area contributed by atoms with Crippen LogP contribution in [0.4, 0.5) is 19.0 Å². The number of methoxy groups -OCH3 is 2. The Bertz CT molecular complexity index is 1430. The maximum atomic E-state index is 13.3. The summed E-state index contributed by atoms with van der Waals surface area (Å²) >= 11 is 3.15. The summed E-state index contributed by atoms with van der Waals surface area (Å²) in [6.07, 6.45) is 0.792. The largest absolute Gasteiger partial charge is 0.471 e. The van der Waals surface area contributed by atoms with Crippen molar-refractivity contribution in [3.8, 4) is 0 Å². The van der Waals surface area contributed by atoms with Crippen LogP contribution in [-0.2, 0) is 14.3 Å². The van der Waals surface area contributed by atoms with Gasteiger partial charge in [-0.3, -0.25) is 4.79 Å². The molecular weight excluding hydrogens is 657 g/mol. The van der Waals surface area contributed by atoms with E-state index in [2.05, 4.69) is 40.3 Å². The number of esters is 2. The second-order valence-electron chi connectivity index (χ2n) is 10.8. The van der Waals surface area contributed by atoms with Crippen LogP contribution in [0.15, 0.2) is 71.6 Å². The molecule has 1 aliphatic heterocycles. The molecule has 1 saturated carbocycles. The molecule has 5 rings (SSSR count). The van der Waals surface area contributed by atoms with Gasteiger partial charge in [-0.15, -0.1) is 0 Å². The predicted molar refractivity (Wildman–Crippen MR) is 164 cm³/mol. The van der Waals surface area contributed by atoms with Crippen molar-refractivity contribution in [2.75, 3.05) is 38.8 Å². The number of piperidine rings is 1. The monoisotopic (exact) mass is 690 g/mol. The standard InChI is InChI=1S/C25H28F3N3O3.C7H6BrNO2/c1-34-23(32)19-7-8-22(29-16-19)30-12-9-17(10-13-30)11-14-31(24(33)25(26,27)28)21-15-20(21)18-5-3-2-4-6-18;1-11-7(10)5-2-3-6(8)9-4-5/h2-8,16-17,20-21H,9-15H2,1H3;2-4H,1H3/t20-,21+;/m0./s1. The van der Waals surface area contributed by atoms with Gasteiger partial charge in [-0.25, -0.2) is 19.6 Å². The molecule has 0 bridgehead atoms. The van der Waals surface area contributed by atoms with E-state index in [0.717, 1.165) is 42.2 Å². The van der Waals surface area contributed by atoms with Gasteiger partial charge in [-0.05, 0) is 77.4 Å². The first-order chi connectivity index (χ1) is 21.5. The van der Waals surface area contributed by atoms with Gasteiger partial charge in [0, 0.05) is 44.0 Å². The van der Waals surface area contributed by atoms with E-state index in [1.54, 1.807) is 24.3 Å². The molecular formula is C32H34BrF3N4O5. The fourth-order valence-electron chi connectivity index (χ4n) is 5.36. The van der Waals surface area contributed by atoms with E-state index in [9.17, 15) is 27.6 Å². The van der Waals surface area contributed by atoms with Gasteiger partial charge in [-0.2, -0.15) is 13.2 Å². The Labute approximate surface area is 267 Å². The van der Waals surface area contributed by atoms with E-state index in [4.69, 9.17) is 0 Å². The molecule has 3 aromatic rings. The average molecular weight is 692 g/mol. The first kappa shape index (κ1) is 33.9. The maximum absolute atomic E-state index is 13.3. The minimum atomic E-state index is -4.87. The number of alkyl halides is 3. The zero-order valence-corrected chi connectivity index (χ0v) is 26.5. The van der Waals surface area contributed by atoms with Crippen LogP contribution in [0.1, 0.15) is 57.9 Å². The lowest BCUT2D eigenvalue weighted by Crippen LogP contribution is -2.44. The number of benzene rings is 1. The molecule has 1 aromatic carbocycles. The van der Waals surface area contributed by atoms with Crippen LogP contribution < -0.4 is 4.90 Å². The number of amides is 1. The number of aromatic nitrogens is 2. The highest BCUT2D eigenvalue weighted by Crippen LogP contribution is 2.46. The normalized spacial score (nSPS) is 17.9. The number of pyridine rings is 2. The number of ether oxygens (including phenoxy) is 2. The number of carbonyl (C=O) groups excluding carboxylic acids is 3. The average Bonchev–Trinajstić information content (AvgIpc) is 3.86. The molecule has 0 spiro atoms. The lowest BCUT2D eigenvalue weighted by atomic mass is 9.93. The van der Waals surface area contributed by atoms with Crippen LogP contribution in [0.2, 0.25) is 0 Å². The van der Waals surface area contributed by atoms with Crippen LogP contribution in [0.3, 0.4) is 0 Å². The van der Waals surface area contributed by atoms with Crippen LogP contribution in [-0.4, -0.2) is 78.8 Å². The number of anilines is 1. The van der Waals surface area contributed by atoms with Crippen molar-refractivity contribution in [1.29, 1.82) is 0 Å². The molecule has 1 saturated heterocycles. The summed E-state index contributed by atoms with van der Waals surface area (Å²) in [5.41, 5.74) is 1.81. The molecule has 13 heteroatoms. The minimum Gasteiger partial charge on any atom is -0.465 e. The lowest BCUT2D eigenvalue weighted by Gasteiger charge is -2.34. The number of hydrogen-bond acceptors (Lipinski definition) is 8.